The first-order chi connectivity index (χ1) is 19.6. The zero-order valence-electron chi connectivity index (χ0n) is 22.7. The molecule has 1 N–H and O–H groups in total. The number of benzene rings is 2. The molecule has 210 valence electrons. The average molecular weight is 572 g/mol. The maximum Gasteiger partial charge on any atom is 0.269 e. The van der Waals surface area contributed by atoms with Gasteiger partial charge in [0.15, 0.2) is 6.17 Å². The number of fused-ring (bicyclic) bond motifs is 3. The fourth-order valence-corrected chi connectivity index (χ4v) is 6.99. The number of hydrogen-bond donors (Lipinski definition) is 1. The summed E-state index contributed by atoms with van der Waals surface area (Å²) in [4.78, 5) is 38.3. The molecule has 1 unspecified atom stereocenters. The number of aliphatic imine (C=N–C) groups is 2. The molecule has 4 heterocycles. The minimum atomic E-state index is -2.99. The van der Waals surface area contributed by atoms with Gasteiger partial charge in [0.2, 0.25) is 0 Å². The van der Waals surface area contributed by atoms with Crippen molar-refractivity contribution >= 4 is 33.0 Å². The van der Waals surface area contributed by atoms with Crippen LogP contribution in [0.5, 0.6) is 0 Å². The molecule has 3 aromatic rings. The molecule has 0 spiro atoms. The monoisotopic (exact) mass is 571 g/mol. The van der Waals surface area contributed by atoms with Crippen LogP contribution in [-0.4, -0.2) is 65.9 Å². The number of nitrogens with one attached hydrogen (secondary N) is 1. The lowest BCUT2D eigenvalue weighted by Crippen LogP contribution is -2.38. The topological polar surface area (TPSA) is 138 Å². The Morgan fingerprint density at radius 3 is 2.32 bits per heavy atom. The van der Waals surface area contributed by atoms with Crippen molar-refractivity contribution in [3.8, 4) is 11.1 Å². The fraction of sp³-hybridized carbons (Fsp3) is 0.300. The number of likely N-dealkylation sites (tertiary alicyclic amines) is 1. The van der Waals surface area contributed by atoms with E-state index in [1.807, 2.05) is 25.1 Å². The first kappa shape index (κ1) is 27.0. The molecule has 2 aromatic carbocycles. The molecule has 0 aliphatic carbocycles. The number of allylic oxidation sites excluding steroid dienone is 1. The number of H-pyrrole nitrogens is 1. The molecule has 0 bridgehead atoms. The number of non-ortho nitro benzene ring substituents is 1. The number of nitro groups is 1. The number of aromatic amines is 1. The van der Waals surface area contributed by atoms with Gasteiger partial charge in [-0.15, -0.1) is 0 Å². The van der Waals surface area contributed by atoms with Crippen LogP contribution in [0.15, 0.2) is 69.4 Å². The number of hydrogen-bond acceptors (Lipinski definition) is 8. The van der Waals surface area contributed by atoms with Crippen molar-refractivity contribution in [1.82, 2.24) is 9.88 Å². The molecule has 11 heteroatoms. The molecule has 1 fully saturated rings. The van der Waals surface area contributed by atoms with Crippen molar-refractivity contribution in [3.63, 3.8) is 0 Å². The first-order valence-corrected chi connectivity index (χ1v) is 15.4. The number of pyridine rings is 1. The zero-order valence-corrected chi connectivity index (χ0v) is 23.5. The van der Waals surface area contributed by atoms with Gasteiger partial charge in [-0.2, -0.15) is 0 Å². The molecule has 3 aliphatic heterocycles. The summed E-state index contributed by atoms with van der Waals surface area (Å²) in [5.41, 5.74) is 6.82. The summed E-state index contributed by atoms with van der Waals surface area (Å²) in [5, 5.41) is 10.8. The predicted octanol–water partition coefficient (Wildman–Crippen LogP) is 3.91. The third kappa shape index (κ3) is 5.18. The molecule has 0 saturated carbocycles. The Morgan fingerprint density at radius 1 is 1.02 bits per heavy atom. The van der Waals surface area contributed by atoms with E-state index in [1.165, 1.54) is 18.4 Å². The highest BCUT2D eigenvalue weighted by Gasteiger charge is 2.30. The highest BCUT2D eigenvalue weighted by atomic mass is 32.2. The van der Waals surface area contributed by atoms with E-state index in [2.05, 4.69) is 27.0 Å². The van der Waals surface area contributed by atoms with Crippen molar-refractivity contribution in [2.45, 2.75) is 37.7 Å². The highest BCUT2D eigenvalue weighted by molar-refractivity contribution is 7.91. The van der Waals surface area contributed by atoms with Gasteiger partial charge < -0.3 is 4.98 Å². The van der Waals surface area contributed by atoms with Crippen molar-refractivity contribution < 1.29 is 13.3 Å². The quantitative estimate of drug-likeness (QED) is 0.352. The van der Waals surface area contributed by atoms with Crippen LogP contribution in [0.1, 0.15) is 40.8 Å². The van der Waals surface area contributed by atoms with Gasteiger partial charge in [-0.1, -0.05) is 24.3 Å². The second-order valence-electron chi connectivity index (χ2n) is 10.8. The summed E-state index contributed by atoms with van der Waals surface area (Å²) < 4.78 is 23.7. The molecule has 41 heavy (non-hydrogen) atoms. The Balaban J connectivity index is 1.23. The van der Waals surface area contributed by atoms with Gasteiger partial charge in [0, 0.05) is 42.3 Å². The SMILES string of the molecule is Cc1c2c([nH]c(=O)c1-c1ccc([N+](=O)[O-])cc1)C=NC1N=C(c3ccc(CN4CCC(S(C)(=O)=O)CC4)cc3)C=C21. The van der Waals surface area contributed by atoms with Gasteiger partial charge in [0.25, 0.3) is 11.2 Å². The number of rotatable bonds is 6. The Bertz CT molecular complexity index is 1800. The average Bonchev–Trinajstić information content (AvgIpc) is 3.38. The van der Waals surface area contributed by atoms with Crippen LogP contribution in [0.2, 0.25) is 0 Å². The second-order valence-corrected chi connectivity index (χ2v) is 13.1. The lowest BCUT2D eigenvalue weighted by molar-refractivity contribution is -0.384. The summed E-state index contributed by atoms with van der Waals surface area (Å²) in [5.74, 6) is 0. The maximum absolute atomic E-state index is 13.0. The Morgan fingerprint density at radius 2 is 1.68 bits per heavy atom. The fourth-order valence-electron chi connectivity index (χ4n) is 5.92. The van der Waals surface area contributed by atoms with Gasteiger partial charge in [-0.25, -0.2) is 8.42 Å². The third-order valence-corrected chi connectivity index (χ3v) is 9.81. The summed E-state index contributed by atoms with van der Waals surface area (Å²) in [7, 11) is -2.99. The molecule has 10 nitrogen and oxygen atoms in total. The van der Waals surface area contributed by atoms with Crippen LogP contribution in [0, 0.1) is 17.0 Å². The van der Waals surface area contributed by atoms with Crippen molar-refractivity contribution in [2.75, 3.05) is 19.3 Å². The smallest absolute Gasteiger partial charge is 0.269 e. The van der Waals surface area contributed by atoms with Crippen molar-refractivity contribution in [2.24, 2.45) is 9.98 Å². The third-order valence-electron chi connectivity index (χ3n) is 8.12. The van der Waals surface area contributed by atoms with E-state index in [9.17, 15) is 23.3 Å². The summed E-state index contributed by atoms with van der Waals surface area (Å²) in [6.07, 6.45) is 5.90. The van der Waals surface area contributed by atoms with Gasteiger partial charge in [-0.3, -0.25) is 29.8 Å². The van der Waals surface area contributed by atoms with Gasteiger partial charge in [0.05, 0.1) is 27.1 Å². The normalized spacial score (nSPS) is 18.9. The minimum Gasteiger partial charge on any atom is -0.320 e. The van der Waals surface area contributed by atoms with E-state index in [1.54, 1.807) is 18.3 Å². The molecule has 1 saturated heterocycles. The Labute approximate surface area is 237 Å². The number of aromatic nitrogens is 1. The Hall–Kier alpha value is -4.22. The second kappa shape index (κ2) is 10.3. The molecule has 1 aromatic heterocycles. The van der Waals surface area contributed by atoms with E-state index < -0.39 is 20.9 Å². The number of nitrogens with zero attached hydrogens (tertiary/aromatic N) is 4. The molecule has 0 amide bonds. The van der Waals surface area contributed by atoms with Crippen LogP contribution < -0.4 is 5.56 Å². The number of sulfone groups is 1. The first-order valence-electron chi connectivity index (χ1n) is 13.4. The molecule has 3 aliphatic rings. The van der Waals surface area contributed by atoms with E-state index >= 15 is 0 Å². The van der Waals surface area contributed by atoms with E-state index in [4.69, 9.17) is 4.99 Å². The molecule has 0 radical (unpaired) electrons. The van der Waals surface area contributed by atoms with Gasteiger partial charge >= 0.3 is 0 Å². The molecule has 1 atom stereocenters. The lowest BCUT2D eigenvalue weighted by Gasteiger charge is -2.31. The van der Waals surface area contributed by atoms with E-state index in [0.29, 0.717) is 29.7 Å². The van der Waals surface area contributed by atoms with Crippen molar-refractivity contribution in [3.05, 3.63) is 103 Å². The summed E-state index contributed by atoms with van der Waals surface area (Å²) in [6, 6.07) is 14.2. The Kier molecular flexibility index (Phi) is 6.79. The molecule has 6 rings (SSSR count). The zero-order chi connectivity index (χ0) is 28.9. The number of nitro benzene ring substituents is 1. The van der Waals surface area contributed by atoms with Crippen LogP contribution in [-0.2, 0) is 16.4 Å². The van der Waals surface area contributed by atoms with Gasteiger partial charge in [-0.05, 0) is 73.3 Å². The van der Waals surface area contributed by atoms with Crippen LogP contribution in [0.3, 0.4) is 0 Å². The highest BCUT2D eigenvalue weighted by Crippen LogP contribution is 2.37. The van der Waals surface area contributed by atoms with Crippen LogP contribution >= 0.6 is 0 Å². The molecular formula is C30H29N5O5S. The standard InChI is InChI=1S/C30H29N5O5S/c1-18-27(21-7-9-22(10-8-21)35(37)38)30(36)33-26-16-31-29-24(28(18)26)15-25(32-29)20-5-3-19(4-6-20)17-34-13-11-23(12-14-34)41(2,39)40/h3-10,15-16,23,29H,11-14,17H2,1-2H3,(H,33,36). The largest absolute Gasteiger partial charge is 0.320 e. The van der Waals surface area contributed by atoms with Crippen LogP contribution in [0.4, 0.5) is 5.69 Å². The van der Waals surface area contributed by atoms with E-state index in [-0.39, 0.29) is 16.5 Å². The minimum absolute atomic E-state index is 0.0351. The lowest BCUT2D eigenvalue weighted by atomic mass is 9.90. The van der Waals surface area contributed by atoms with Gasteiger partial charge in [0.1, 0.15) is 9.84 Å². The maximum atomic E-state index is 13.0. The summed E-state index contributed by atoms with van der Waals surface area (Å²) in [6.45, 7) is 4.18. The molecular weight excluding hydrogens is 542 g/mol. The van der Waals surface area contributed by atoms with Crippen LogP contribution in [0.25, 0.3) is 16.7 Å². The van der Waals surface area contributed by atoms with Crippen molar-refractivity contribution in [1.29, 1.82) is 0 Å². The predicted molar refractivity (Wildman–Crippen MR) is 159 cm³/mol. The van der Waals surface area contributed by atoms with E-state index in [0.717, 1.165) is 53.2 Å². The number of piperidine rings is 1. The summed E-state index contributed by atoms with van der Waals surface area (Å²) >= 11 is 0.